The number of nitrogens with zero attached hydrogens (tertiary/aromatic N) is 1. The molecule has 2 rings (SSSR count). The summed E-state index contributed by atoms with van der Waals surface area (Å²) in [6, 6.07) is 10.0. The van der Waals surface area contributed by atoms with Crippen LogP contribution < -0.4 is 0 Å². The first-order valence-electron chi connectivity index (χ1n) is 4.84. The van der Waals surface area contributed by atoms with Crippen molar-refractivity contribution in [3.8, 4) is 11.3 Å². The number of benzene rings is 1. The Hall–Kier alpha value is -1.57. The molecule has 1 aromatic carbocycles. The van der Waals surface area contributed by atoms with Gasteiger partial charge in [0.1, 0.15) is 0 Å². The van der Waals surface area contributed by atoms with E-state index in [2.05, 4.69) is 24.2 Å². The fourth-order valence-corrected chi connectivity index (χ4v) is 1.08. The van der Waals surface area contributed by atoms with Crippen LogP contribution in [-0.4, -0.2) is 5.16 Å². The molecule has 0 saturated heterocycles. The molecule has 0 aliphatic rings. The van der Waals surface area contributed by atoms with E-state index in [1.54, 1.807) is 6.20 Å². The Balaban J connectivity index is 0.000000461. The Morgan fingerprint density at radius 3 is 2.14 bits per heavy atom. The summed E-state index contributed by atoms with van der Waals surface area (Å²) in [6.45, 7) is 6.06. The van der Waals surface area contributed by atoms with Gasteiger partial charge in [0.25, 0.3) is 0 Å². The molecular formula is C12H15NO. The molecule has 0 atom stereocenters. The number of aryl methyl sites for hydroxylation is 1. The van der Waals surface area contributed by atoms with Gasteiger partial charge in [-0.1, -0.05) is 48.8 Å². The Kier molecular flexibility index (Phi) is 3.92. The molecule has 1 heterocycles. The first-order chi connectivity index (χ1) is 6.86. The average Bonchev–Trinajstić information content (AvgIpc) is 2.75. The third-order valence-electron chi connectivity index (χ3n) is 1.77. The third kappa shape index (κ3) is 2.46. The van der Waals surface area contributed by atoms with E-state index >= 15 is 0 Å². The van der Waals surface area contributed by atoms with Gasteiger partial charge in [-0.3, -0.25) is 0 Å². The maximum Gasteiger partial charge on any atom is 0.166 e. The van der Waals surface area contributed by atoms with Crippen molar-refractivity contribution in [1.29, 1.82) is 0 Å². The standard InChI is InChI=1S/C10H9NO.C2H6/c1-8-2-4-9(5-3-8)10-6-7-11-12-10;1-2/h2-7H,1H3;1-2H3. The molecule has 74 valence electrons. The highest BCUT2D eigenvalue weighted by atomic mass is 16.5. The Bertz CT molecular complexity index is 348. The summed E-state index contributed by atoms with van der Waals surface area (Å²) >= 11 is 0. The second-order valence-corrected chi connectivity index (χ2v) is 2.74. The Morgan fingerprint density at radius 2 is 1.64 bits per heavy atom. The monoisotopic (exact) mass is 189 g/mol. The predicted molar refractivity (Wildman–Crippen MR) is 58.0 cm³/mol. The van der Waals surface area contributed by atoms with Gasteiger partial charge in [0, 0.05) is 11.6 Å². The molecule has 14 heavy (non-hydrogen) atoms. The molecule has 0 unspecified atom stereocenters. The van der Waals surface area contributed by atoms with Gasteiger partial charge >= 0.3 is 0 Å². The average molecular weight is 189 g/mol. The zero-order valence-electron chi connectivity index (χ0n) is 8.82. The summed E-state index contributed by atoms with van der Waals surface area (Å²) < 4.78 is 5.01. The minimum atomic E-state index is 0.815. The zero-order valence-corrected chi connectivity index (χ0v) is 8.82. The van der Waals surface area contributed by atoms with Gasteiger partial charge in [0.2, 0.25) is 0 Å². The Morgan fingerprint density at radius 1 is 1.00 bits per heavy atom. The number of rotatable bonds is 1. The SMILES string of the molecule is CC.Cc1ccc(-c2ccno2)cc1. The van der Waals surface area contributed by atoms with Crippen LogP contribution in [0.1, 0.15) is 19.4 Å². The smallest absolute Gasteiger partial charge is 0.166 e. The first kappa shape index (κ1) is 10.5. The molecule has 2 heteroatoms. The van der Waals surface area contributed by atoms with E-state index in [-0.39, 0.29) is 0 Å². The van der Waals surface area contributed by atoms with E-state index in [0.29, 0.717) is 0 Å². The normalized spacial score (nSPS) is 9.07. The highest BCUT2D eigenvalue weighted by Gasteiger charge is 1.98. The molecule has 1 aromatic heterocycles. The van der Waals surface area contributed by atoms with Crippen molar-refractivity contribution < 1.29 is 4.52 Å². The molecule has 0 fully saturated rings. The number of aromatic nitrogens is 1. The molecule has 0 amide bonds. The van der Waals surface area contributed by atoms with Crippen LogP contribution in [0.2, 0.25) is 0 Å². The van der Waals surface area contributed by atoms with E-state index in [4.69, 9.17) is 4.52 Å². The van der Waals surface area contributed by atoms with Crippen molar-refractivity contribution >= 4 is 0 Å². The Labute approximate surface area is 84.6 Å². The van der Waals surface area contributed by atoms with Gasteiger partial charge in [0.15, 0.2) is 5.76 Å². The molecule has 0 aliphatic carbocycles. The van der Waals surface area contributed by atoms with Crippen molar-refractivity contribution in [2.24, 2.45) is 0 Å². The van der Waals surface area contributed by atoms with E-state index in [9.17, 15) is 0 Å². The maximum atomic E-state index is 5.01. The summed E-state index contributed by atoms with van der Waals surface area (Å²) in [6.07, 6.45) is 1.65. The molecule has 0 bridgehead atoms. The van der Waals surface area contributed by atoms with Crippen LogP contribution >= 0.6 is 0 Å². The molecule has 0 N–H and O–H groups in total. The third-order valence-corrected chi connectivity index (χ3v) is 1.77. The quantitative estimate of drug-likeness (QED) is 0.684. The van der Waals surface area contributed by atoms with Gasteiger partial charge in [-0.25, -0.2) is 0 Å². The topological polar surface area (TPSA) is 26.0 Å². The van der Waals surface area contributed by atoms with Gasteiger partial charge in [-0.15, -0.1) is 0 Å². The predicted octanol–water partition coefficient (Wildman–Crippen LogP) is 3.68. The molecule has 2 aromatic rings. The van der Waals surface area contributed by atoms with Crippen molar-refractivity contribution in [1.82, 2.24) is 5.16 Å². The largest absolute Gasteiger partial charge is 0.356 e. The lowest BCUT2D eigenvalue weighted by atomic mass is 10.1. The highest BCUT2D eigenvalue weighted by Crippen LogP contribution is 2.18. The van der Waals surface area contributed by atoms with Crippen LogP contribution in [0.5, 0.6) is 0 Å². The summed E-state index contributed by atoms with van der Waals surface area (Å²) in [5.41, 5.74) is 2.32. The fourth-order valence-electron chi connectivity index (χ4n) is 1.08. The van der Waals surface area contributed by atoms with Crippen molar-refractivity contribution in [3.63, 3.8) is 0 Å². The van der Waals surface area contributed by atoms with Crippen LogP contribution in [0.4, 0.5) is 0 Å². The van der Waals surface area contributed by atoms with E-state index < -0.39 is 0 Å². The lowest BCUT2D eigenvalue weighted by Gasteiger charge is -1.94. The van der Waals surface area contributed by atoms with Crippen LogP contribution in [0.15, 0.2) is 41.1 Å². The molecular weight excluding hydrogens is 174 g/mol. The van der Waals surface area contributed by atoms with Gasteiger partial charge in [0.05, 0.1) is 6.20 Å². The van der Waals surface area contributed by atoms with E-state index in [1.165, 1.54) is 5.56 Å². The number of hydrogen-bond donors (Lipinski definition) is 0. The minimum Gasteiger partial charge on any atom is -0.356 e. The molecule has 0 spiro atoms. The summed E-state index contributed by atoms with van der Waals surface area (Å²) in [5, 5.41) is 3.65. The molecule has 2 nitrogen and oxygen atoms in total. The van der Waals surface area contributed by atoms with Crippen LogP contribution in [0.3, 0.4) is 0 Å². The lowest BCUT2D eigenvalue weighted by Crippen LogP contribution is -1.74. The van der Waals surface area contributed by atoms with Gasteiger partial charge < -0.3 is 4.52 Å². The van der Waals surface area contributed by atoms with Crippen LogP contribution in [0, 0.1) is 6.92 Å². The summed E-state index contributed by atoms with van der Waals surface area (Å²) in [4.78, 5) is 0. The summed E-state index contributed by atoms with van der Waals surface area (Å²) in [7, 11) is 0. The van der Waals surface area contributed by atoms with Gasteiger partial charge in [-0.05, 0) is 6.92 Å². The number of hydrogen-bond acceptors (Lipinski definition) is 2. The molecule has 0 aliphatic heterocycles. The first-order valence-corrected chi connectivity index (χ1v) is 4.84. The van der Waals surface area contributed by atoms with E-state index in [1.807, 2.05) is 32.0 Å². The highest BCUT2D eigenvalue weighted by molar-refractivity contribution is 5.56. The lowest BCUT2D eigenvalue weighted by molar-refractivity contribution is 0.432. The minimum absolute atomic E-state index is 0.815. The van der Waals surface area contributed by atoms with Crippen molar-refractivity contribution in [2.75, 3.05) is 0 Å². The summed E-state index contributed by atoms with van der Waals surface area (Å²) in [5.74, 6) is 0.815. The second kappa shape index (κ2) is 5.22. The second-order valence-electron chi connectivity index (χ2n) is 2.74. The van der Waals surface area contributed by atoms with Crippen LogP contribution in [-0.2, 0) is 0 Å². The van der Waals surface area contributed by atoms with Crippen molar-refractivity contribution in [2.45, 2.75) is 20.8 Å². The van der Waals surface area contributed by atoms with Crippen molar-refractivity contribution in [3.05, 3.63) is 42.1 Å². The van der Waals surface area contributed by atoms with E-state index in [0.717, 1.165) is 11.3 Å². The fraction of sp³-hybridized carbons (Fsp3) is 0.250. The zero-order chi connectivity index (χ0) is 10.4. The molecule has 0 saturated carbocycles. The van der Waals surface area contributed by atoms with Crippen LogP contribution in [0.25, 0.3) is 11.3 Å². The van der Waals surface area contributed by atoms with Gasteiger partial charge in [-0.2, -0.15) is 0 Å². The molecule has 0 radical (unpaired) electrons. The maximum absolute atomic E-state index is 5.01.